The minimum absolute atomic E-state index is 0.193. The Morgan fingerprint density at radius 2 is 1.88 bits per heavy atom. The zero-order valence-electron chi connectivity index (χ0n) is 13.5. The molecule has 0 aliphatic rings. The summed E-state index contributed by atoms with van der Waals surface area (Å²) in [5.41, 5.74) is 0.269. The number of ether oxygens (including phenoxy) is 1. The molecule has 130 valence electrons. The number of benzene rings is 2. The molecule has 0 saturated heterocycles. The quantitative estimate of drug-likeness (QED) is 0.683. The lowest BCUT2D eigenvalue weighted by atomic mass is 10.2. The zero-order valence-corrected chi connectivity index (χ0v) is 15.1. The Labute approximate surface area is 148 Å². The molecule has 0 aliphatic heterocycles. The first-order chi connectivity index (χ1) is 11.9. The van der Waals surface area contributed by atoms with Gasteiger partial charge >= 0.3 is 0 Å². The van der Waals surface area contributed by atoms with E-state index in [-0.39, 0.29) is 22.4 Å². The minimum atomic E-state index is -3.54. The second kappa shape index (κ2) is 6.81. The largest absolute Gasteiger partial charge is 0.463 e. The number of sulfonamides is 1. The SMILES string of the molecule is CSc1coc2cc(NS(C)(=O)=O)c(Oc3ccccc3)cc2c1=O. The van der Waals surface area contributed by atoms with Crippen molar-refractivity contribution in [2.75, 3.05) is 17.2 Å². The van der Waals surface area contributed by atoms with Crippen molar-refractivity contribution in [2.45, 2.75) is 4.90 Å². The molecule has 0 spiro atoms. The fraction of sp³-hybridized carbons (Fsp3) is 0.118. The summed E-state index contributed by atoms with van der Waals surface area (Å²) >= 11 is 1.28. The van der Waals surface area contributed by atoms with Gasteiger partial charge in [0, 0.05) is 6.07 Å². The minimum Gasteiger partial charge on any atom is -0.463 e. The lowest BCUT2D eigenvalue weighted by Crippen LogP contribution is -2.11. The van der Waals surface area contributed by atoms with E-state index in [2.05, 4.69) is 4.72 Å². The van der Waals surface area contributed by atoms with Crippen molar-refractivity contribution in [1.82, 2.24) is 0 Å². The molecule has 2 aromatic carbocycles. The molecule has 1 N–H and O–H groups in total. The van der Waals surface area contributed by atoms with Crippen molar-refractivity contribution in [3.05, 3.63) is 59.0 Å². The highest BCUT2D eigenvalue weighted by molar-refractivity contribution is 7.98. The highest BCUT2D eigenvalue weighted by atomic mass is 32.2. The number of hydrogen-bond donors (Lipinski definition) is 1. The van der Waals surface area contributed by atoms with Gasteiger partial charge < -0.3 is 9.15 Å². The van der Waals surface area contributed by atoms with Crippen molar-refractivity contribution in [3.63, 3.8) is 0 Å². The van der Waals surface area contributed by atoms with Gasteiger partial charge in [-0.1, -0.05) is 18.2 Å². The molecule has 25 heavy (non-hydrogen) atoms. The fourth-order valence-corrected chi connectivity index (χ4v) is 3.26. The lowest BCUT2D eigenvalue weighted by Gasteiger charge is -2.13. The number of hydrogen-bond acceptors (Lipinski definition) is 6. The van der Waals surface area contributed by atoms with Crippen LogP contribution >= 0.6 is 11.8 Å². The summed E-state index contributed by atoms with van der Waals surface area (Å²) < 4.78 is 36.9. The molecule has 0 saturated carbocycles. The highest BCUT2D eigenvalue weighted by Crippen LogP contribution is 2.34. The summed E-state index contributed by atoms with van der Waals surface area (Å²) in [5.74, 6) is 0.735. The van der Waals surface area contributed by atoms with Crippen LogP contribution < -0.4 is 14.9 Å². The fourth-order valence-electron chi connectivity index (χ4n) is 2.26. The third kappa shape index (κ3) is 3.97. The van der Waals surface area contributed by atoms with Crippen molar-refractivity contribution < 1.29 is 17.6 Å². The first-order valence-electron chi connectivity index (χ1n) is 7.21. The first-order valence-corrected chi connectivity index (χ1v) is 10.3. The molecule has 3 aromatic rings. The van der Waals surface area contributed by atoms with Crippen LogP contribution in [0.4, 0.5) is 5.69 Å². The molecule has 0 unspecified atom stereocenters. The molecule has 1 aromatic heterocycles. The van der Waals surface area contributed by atoms with Gasteiger partial charge in [0.05, 0.1) is 22.2 Å². The van der Waals surface area contributed by atoms with E-state index in [1.165, 1.54) is 30.2 Å². The second-order valence-electron chi connectivity index (χ2n) is 5.27. The summed E-state index contributed by atoms with van der Waals surface area (Å²) in [6, 6.07) is 11.8. The van der Waals surface area contributed by atoms with Crippen LogP contribution in [0.1, 0.15) is 0 Å². The number of fused-ring (bicyclic) bond motifs is 1. The first kappa shape index (κ1) is 17.4. The predicted octanol–water partition coefficient (Wildman–Crippen LogP) is 3.68. The van der Waals surface area contributed by atoms with Gasteiger partial charge in [-0.2, -0.15) is 0 Å². The van der Waals surface area contributed by atoms with Crippen LogP contribution in [0.2, 0.25) is 0 Å². The molecular formula is C17H15NO5S2. The van der Waals surface area contributed by atoms with Crippen molar-refractivity contribution in [1.29, 1.82) is 0 Å². The summed E-state index contributed by atoms with van der Waals surface area (Å²) in [4.78, 5) is 12.9. The maximum atomic E-state index is 12.5. The van der Waals surface area contributed by atoms with Gasteiger partial charge in [0.25, 0.3) is 0 Å². The third-order valence-electron chi connectivity index (χ3n) is 3.33. The molecule has 0 fully saturated rings. The third-order valence-corrected chi connectivity index (χ3v) is 4.64. The number of thioether (sulfide) groups is 1. The smallest absolute Gasteiger partial charge is 0.229 e. The Balaban J connectivity index is 2.20. The molecular weight excluding hydrogens is 362 g/mol. The number of para-hydroxylation sites is 1. The van der Waals surface area contributed by atoms with Crippen LogP contribution in [-0.2, 0) is 10.0 Å². The Morgan fingerprint density at radius 3 is 2.52 bits per heavy atom. The number of nitrogens with one attached hydrogen (secondary N) is 1. The van der Waals surface area contributed by atoms with Gasteiger partial charge in [-0.3, -0.25) is 9.52 Å². The van der Waals surface area contributed by atoms with E-state index < -0.39 is 10.0 Å². The standard InChI is InChI=1S/C17H15NO5S2/c1-24-16-10-22-14-9-13(18-25(2,20)21)15(8-12(14)17(16)19)23-11-6-4-3-5-7-11/h3-10,18H,1-2H3. The van der Waals surface area contributed by atoms with E-state index in [1.807, 2.05) is 6.07 Å². The maximum Gasteiger partial charge on any atom is 0.229 e. The molecule has 0 bridgehead atoms. The van der Waals surface area contributed by atoms with Crippen LogP contribution in [0.15, 0.2) is 62.8 Å². The van der Waals surface area contributed by atoms with Crippen LogP contribution in [0.25, 0.3) is 11.0 Å². The van der Waals surface area contributed by atoms with Crippen LogP contribution in [-0.4, -0.2) is 20.9 Å². The molecule has 0 atom stereocenters. The predicted molar refractivity (Wildman–Crippen MR) is 99.2 cm³/mol. The zero-order chi connectivity index (χ0) is 18.0. The van der Waals surface area contributed by atoms with Gasteiger partial charge in [0.1, 0.15) is 17.6 Å². The topological polar surface area (TPSA) is 85.6 Å². The van der Waals surface area contributed by atoms with Crippen LogP contribution in [0.5, 0.6) is 11.5 Å². The Kier molecular flexibility index (Phi) is 4.73. The van der Waals surface area contributed by atoms with E-state index in [0.717, 1.165) is 6.26 Å². The average molecular weight is 377 g/mol. The second-order valence-corrected chi connectivity index (χ2v) is 7.86. The average Bonchev–Trinajstić information content (AvgIpc) is 2.56. The van der Waals surface area contributed by atoms with Crippen LogP contribution in [0, 0.1) is 0 Å². The summed E-state index contributed by atoms with van der Waals surface area (Å²) in [7, 11) is -3.54. The highest BCUT2D eigenvalue weighted by Gasteiger charge is 2.15. The van der Waals surface area contributed by atoms with E-state index in [0.29, 0.717) is 16.0 Å². The normalized spacial score (nSPS) is 11.4. The molecule has 6 nitrogen and oxygen atoms in total. The van der Waals surface area contributed by atoms with Crippen molar-refractivity contribution in [3.8, 4) is 11.5 Å². The van der Waals surface area contributed by atoms with Gasteiger partial charge in [-0.05, 0) is 24.5 Å². The summed E-state index contributed by atoms with van der Waals surface area (Å²) in [6.45, 7) is 0. The van der Waals surface area contributed by atoms with Crippen LogP contribution in [0.3, 0.4) is 0 Å². The van der Waals surface area contributed by atoms with E-state index in [4.69, 9.17) is 9.15 Å². The molecule has 0 radical (unpaired) electrons. The van der Waals surface area contributed by atoms with Crippen molar-refractivity contribution >= 4 is 38.4 Å². The molecule has 1 heterocycles. The molecule has 0 aliphatic carbocycles. The summed E-state index contributed by atoms with van der Waals surface area (Å²) in [6.07, 6.45) is 4.17. The van der Waals surface area contributed by atoms with Gasteiger partial charge in [-0.15, -0.1) is 11.8 Å². The van der Waals surface area contributed by atoms with Gasteiger partial charge in [-0.25, -0.2) is 8.42 Å². The summed E-state index contributed by atoms with van der Waals surface area (Å²) in [5, 5.41) is 0.317. The van der Waals surface area contributed by atoms with E-state index in [9.17, 15) is 13.2 Å². The monoisotopic (exact) mass is 377 g/mol. The maximum absolute atomic E-state index is 12.5. The Morgan fingerprint density at radius 1 is 1.16 bits per heavy atom. The van der Waals surface area contributed by atoms with Gasteiger partial charge in [0.2, 0.25) is 15.5 Å². The van der Waals surface area contributed by atoms with E-state index in [1.54, 1.807) is 30.5 Å². The van der Waals surface area contributed by atoms with Gasteiger partial charge in [0.15, 0.2) is 5.75 Å². The molecule has 3 rings (SSSR count). The van der Waals surface area contributed by atoms with E-state index >= 15 is 0 Å². The molecule has 8 heteroatoms. The number of anilines is 1. The van der Waals surface area contributed by atoms with Crippen molar-refractivity contribution in [2.24, 2.45) is 0 Å². The number of rotatable bonds is 5. The Bertz CT molecular complexity index is 1080. The Hall–Kier alpha value is -2.45. The molecule has 0 amide bonds. The lowest BCUT2D eigenvalue weighted by molar-refractivity contribution is 0.484.